The molecule has 1 heterocycles. The molecule has 21 heavy (non-hydrogen) atoms. The summed E-state index contributed by atoms with van der Waals surface area (Å²) in [7, 11) is 1.95. The van der Waals surface area contributed by atoms with Crippen LogP contribution in [-0.4, -0.2) is 36.4 Å². The van der Waals surface area contributed by atoms with E-state index in [0.29, 0.717) is 0 Å². The van der Waals surface area contributed by atoms with Gasteiger partial charge in [-0.2, -0.15) is 0 Å². The van der Waals surface area contributed by atoms with Crippen LogP contribution in [0.2, 0.25) is 0 Å². The third-order valence-electron chi connectivity index (χ3n) is 3.95. The number of aliphatic hydroxyl groups excluding tert-OH is 1. The molecule has 110 valence electrons. The van der Waals surface area contributed by atoms with Gasteiger partial charge in [0.05, 0.1) is 18.1 Å². The first-order chi connectivity index (χ1) is 10.2. The molecule has 0 aromatic heterocycles. The average molecular weight is 300 g/mol. The SMILES string of the molecule is CC(CN1c2ccccc2Sc2ccccc21)N(C)CO. The summed E-state index contributed by atoms with van der Waals surface area (Å²) in [5.41, 5.74) is 2.50. The summed E-state index contributed by atoms with van der Waals surface area (Å²) in [4.78, 5) is 6.88. The summed E-state index contributed by atoms with van der Waals surface area (Å²) in [5.74, 6) is 0. The van der Waals surface area contributed by atoms with Gasteiger partial charge in [-0.1, -0.05) is 36.0 Å². The molecule has 0 radical (unpaired) electrons. The molecular weight excluding hydrogens is 280 g/mol. The molecule has 1 unspecified atom stereocenters. The second-order valence-corrected chi connectivity index (χ2v) is 6.48. The molecule has 3 rings (SSSR count). The van der Waals surface area contributed by atoms with Crippen molar-refractivity contribution in [2.45, 2.75) is 22.8 Å². The Bertz CT molecular complexity index is 586. The molecule has 0 amide bonds. The van der Waals surface area contributed by atoms with Gasteiger partial charge in [-0.05, 0) is 38.2 Å². The second kappa shape index (κ2) is 6.10. The summed E-state index contributed by atoms with van der Waals surface area (Å²) < 4.78 is 0. The van der Waals surface area contributed by atoms with E-state index in [1.165, 1.54) is 21.2 Å². The zero-order chi connectivity index (χ0) is 14.8. The van der Waals surface area contributed by atoms with Crippen molar-refractivity contribution in [2.75, 3.05) is 25.2 Å². The van der Waals surface area contributed by atoms with Gasteiger partial charge in [0.15, 0.2) is 0 Å². The Morgan fingerprint density at radius 1 is 1.05 bits per heavy atom. The highest BCUT2D eigenvalue weighted by Crippen LogP contribution is 2.47. The molecule has 1 N–H and O–H groups in total. The number of likely N-dealkylation sites (N-methyl/N-ethyl adjacent to an activating group) is 1. The van der Waals surface area contributed by atoms with Crippen LogP contribution in [0.25, 0.3) is 0 Å². The van der Waals surface area contributed by atoms with Crippen LogP contribution in [0.5, 0.6) is 0 Å². The van der Waals surface area contributed by atoms with Crippen molar-refractivity contribution in [1.29, 1.82) is 0 Å². The van der Waals surface area contributed by atoms with Gasteiger partial charge in [-0.3, -0.25) is 4.90 Å². The van der Waals surface area contributed by atoms with Gasteiger partial charge >= 0.3 is 0 Å². The van der Waals surface area contributed by atoms with Crippen LogP contribution in [-0.2, 0) is 0 Å². The van der Waals surface area contributed by atoms with Crippen LogP contribution < -0.4 is 4.90 Å². The van der Waals surface area contributed by atoms with Crippen LogP contribution in [0.4, 0.5) is 11.4 Å². The first-order valence-electron chi connectivity index (χ1n) is 7.15. The summed E-state index contributed by atoms with van der Waals surface area (Å²) >= 11 is 1.82. The van der Waals surface area contributed by atoms with Crippen molar-refractivity contribution in [1.82, 2.24) is 4.90 Å². The molecule has 0 spiro atoms. The summed E-state index contributed by atoms with van der Waals surface area (Å²) in [6, 6.07) is 17.3. The molecule has 1 aliphatic heterocycles. The van der Waals surface area contributed by atoms with E-state index in [0.717, 1.165) is 6.54 Å². The normalized spacial score (nSPS) is 14.8. The highest BCUT2D eigenvalue weighted by molar-refractivity contribution is 7.99. The lowest BCUT2D eigenvalue weighted by Crippen LogP contribution is -2.39. The smallest absolute Gasteiger partial charge is 0.0956 e. The molecule has 2 aromatic rings. The molecule has 1 atom stereocenters. The number of benzene rings is 2. The van der Waals surface area contributed by atoms with Crippen molar-refractivity contribution >= 4 is 23.1 Å². The fourth-order valence-corrected chi connectivity index (χ4v) is 3.62. The van der Waals surface area contributed by atoms with E-state index >= 15 is 0 Å². The van der Waals surface area contributed by atoms with Crippen LogP contribution in [0, 0.1) is 0 Å². The second-order valence-electron chi connectivity index (χ2n) is 5.40. The van der Waals surface area contributed by atoms with Crippen molar-refractivity contribution in [3.05, 3.63) is 48.5 Å². The Balaban J connectivity index is 1.98. The molecular formula is C17H20N2OS. The number of hydrogen-bond donors (Lipinski definition) is 1. The summed E-state index contributed by atoms with van der Waals surface area (Å²) in [6.45, 7) is 3.07. The van der Waals surface area contributed by atoms with Gasteiger partial charge in [-0.15, -0.1) is 0 Å². The van der Waals surface area contributed by atoms with Crippen molar-refractivity contribution in [2.24, 2.45) is 0 Å². The highest BCUT2D eigenvalue weighted by Gasteiger charge is 2.24. The van der Waals surface area contributed by atoms with E-state index in [9.17, 15) is 5.11 Å². The number of para-hydroxylation sites is 2. The number of fused-ring (bicyclic) bond motifs is 2. The fourth-order valence-electron chi connectivity index (χ4n) is 2.52. The van der Waals surface area contributed by atoms with Crippen LogP contribution in [0.3, 0.4) is 0 Å². The zero-order valence-electron chi connectivity index (χ0n) is 12.4. The monoisotopic (exact) mass is 300 g/mol. The van der Waals surface area contributed by atoms with Gasteiger partial charge < -0.3 is 10.0 Å². The van der Waals surface area contributed by atoms with E-state index in [1.807, 2.05) is 23.7 Å². The molecule has 0 bridgehead atoms. The molecule has 0 saturated carbocycles. The van der Waals surface area contributed by atoms with Gasteiger partial charge in [0.25, 0.3) is 0 Å². The molecule has 4 heteroatoms. The highest BCUT2D eigenvalue weighted by atomic mass is 32.2. The van der Waals surface area contributed by atoms with E-state index in [2.05, 4.69) is 60.4 Å². The molecule has 3 nitrogen and oxygen atoms in total. The van der Waals surface area contributed by atoms with Crippen LogP contribution in [0.15, 0.2) is 58.3 Å². The maximum atomic E-state index is 9.33. The van der Waals surface area contributed by atoms with Crippen molar-refractivity contribution in [3.8, 4) is 0 Å². The number of rotatable bonds is 4. The van der Waals surface area contributed by atoms with Gasteiger partial charge in [0.2, 0.25) is 0 Å². The number of anilines is 2. The van der Waals surface area contributed by atoms with Crippen LogP contribution in [0.1, 0.15) is 6.92 Å². The number of nitrogens with zero attached hydrogens (tertiary/aromatic N) is 2. The third-order valence-corrected chi connectivity index (χ3v) is 5.08. The van der Waals surface area contributed by atoms with E-state index < -0.39 is 0 Å². The van der Waals surface area contributed by atoms with Gasteiger partial charge in [0.1, 0.15) is 0 Å². The van der Waals surface area contributed by atoms with E-state index in [-0.39, 0.29) is 12.8 Å². The van der Waals surface area contributed by atoms with E-state index in [1.54, 1.807) is 0 Å². The predicted molar refractivity (Wildman–Crippen MR) is 88.3 cm³/mol. The maximum Gasteiger partial charge on any atom is 0.0956 e. The molecule has 1 aliphatic rings. The minimum absolute atomic E-state index is 0.0764. The largest absolute Gasteiger partial charge is 0.381 e. The minimum Gasteiger partial charge on any atom is -0.381 e. The number of hydrogen-bond acceptors (Lipinski definition) is 4. The Labute approximate surface area is 130 Å². The molecule has 2 aromatic carbocycles. The van der Waals surface area contributed by atoms with E-state index in [4.69, 9.17) is 0 Å². The number of aliphatic hydroxyl groups is 1. The topological polar surface area (TPSA) is 26.7 Å². The fraction of sp³-hybridized carbons (Fsp3) is 0.294. The maximum absolute atomic E-state index is 9.33. The summed E-state index contributed by atoms with van der Waals surface area (Å²) in [6.07, 6.45) is 0. The Morgan fingerprint density at radius 3 is 2.10 bits per heavy atom. The zero-order valence-corrected chi connectivity index (χ0v) is 13.2. The Morgan fingerprint density at radius 2 is 1.57 bits per heavy atom. The Hall–Kier alpha value is -1.49. The lowest BCUT2D eigenvalue weighted by molar-refractivity contribution is 0.103. The van der Waals surface area contributed by atoms with Crippen LogP contribution >= 0.6 is 11.8 Å². The standard InChI is InChI=1S/C17H20N2OS/c1-13(18(2)12-20)11-19-14-7-3-5-9-16(14)21-17-10-6-4-8-15(17)19/h3-10,13,20H,11-12H2,1-2H3. The van der Waals surface area contributed by atoms with Crippen molar-refractivity contribution < 1.29 is 5.11 Å². The molecule has 0 aliphatic carbocycles. The summed E-state index contributed by atoms with van der Waals surface area (Å²) in [5, 5.41) is 9.33. The molecule has 0 fully saturated rings. The van der Waals surface area contributed by atoms with Gasteiger partial charge in [-0.25, -0.2) is 0 Å². The molecule has 0 saturated heterocycles. The quantitative estimate of drug-likeness (QED) is 0.874. The predicted octanol–water partition coefficient (Wildman–Crippen LogP) is 3.56. The third kappa shape index (κ3) is 2.79. The first-order valence-corrected chi connectivity index (χ1v) is 7.97. The lowest BCUT2D eigenvalue weighted by Gasteiger charge is -2.36. The Kier molecular flexibility index (Phi) is 4.19. The minimum atomic E-state index is 0.0764. The lowest BCUT2D eigenvalue weighted by atomic mass is 10.2. The van der Waals surface area contributed by atoms with Gasteiger partial charge in [0, 0.05) is 22.4 Å². The first kappa shape index (κ1) is 14.4. The van der Waals surface area contributed by atoms with Crippen molar-refractivity contribution in [3.63, 3.8) is 0 Å². The average Bonchev–Trinajstić information content (AvgIpc) is 2.53.